The molecule has 0 aromatic rings. The van der Waals surface area contributed by atoms with Crippen LogP contribution >= 0.6 is 0 Å². The summed E-state index contributed by atoms with van der Waals surface area (Å²) in [5, 5.41) is 29.9. The maximum Gasteiger partial charge on any atom is 0.111 e. The van der Waals surface area contributed by atoms with Crippen molar-refractivity contribution >= 4 is 0 Å². The maximum absolute atomic E-state index is 9.82. The van der Waals surface area contributed by atoms with E-state index in [1.165, 1.54) is 0 Å². The molecule has 0 spiro atoms. The van der Waals surface area contributed by atoms with E-state index < -0.39 is 24.4 Å². The molecule has 1 aliphatic heterocycles. The monoisotopic (exact) mass is 177 g/mol. The predicted molar refractivity (Wildman–Crippen MR) is 38.4 cm³/mol. The molecule has 3 N–H and O–H groups in total. The van der Waals surface area contributed by atoms with Gasteiger partial charge in [0, 0.05) is 0 Å². The van der Waals surface area contributed by atoms with Gasteiger partial charge in [-0.3, -0.25) is 0 Å². The molecule has 4 unspecified atom stereocenters. The van der Waals surface area contributed by atoms with Crippen LogP contribution < -0.4 is 0 Å². The Hall–Kier alpha value is -0.560. The highest BCUT2D eigenvalue weighted by Crippen LogP contribution is 2.15. The summed E-state index contributed by atoms with van der Waals surface area (Å²) in [4.78, 5) is 9.82. The van der Waals surface area contributed by atoms with Gasteiger partial charge in [-0.15, -0.1) is 0 Å². The quantitative estimate of drug-likeness (QED) is 0.434. The van der Waals surface area contributed by atoms with Gasteiger partial charge in [-0.05, 0) is 0 Å². The second kappa shape index (κ2) is 3.90. The lowest BCUT2D eigenvalue weighted by molar-refractivity contribution is -0.183. The van der Waals surface area contributed by atoms with Gasteiger partial charge in [-0.1, -0.05) is 5.18 Å². The molecule has 1 aliphatic rings. The molecule has 1 fully saturated rings. The number of hydrogen-bond acceptors (Lipinski definition) is 6. The Kier molecular flexibility index (Phi) is 3.10. The fourth-order valence-electron chi connectivity index (χ4n) is 1.10. The summed E-state index contributed by atoms with van der Waals surface area (Å²) in [6.07, 6.45) is -4.40. The molecule has 0 aromatic heterocycles. The van der Waals surface area contributed by atoms with Crippen LogP contribution in [0.2, 0.25) is 0 Å². The molecule has 1 rings (SSSR count). The first kappa shape index (κ1) is 9.53. The Bertz CT molecular complexity index is 164. The molecule has 70 valence electrons. The zero-order valence-corrected chi connectivity index (χ0v) is 6.33. The number of nitroso groups, excluding NO2 is 1. The molecule has 0 saturated carbocycles. The van der Waals surface area contributed by atoms with Crippen LogP contribution in [0.15, 0.2) is 5.18 Å². The van der Waals surface area contributed by atoms with Crippen molar-refractivity contribution in [3.63, 3.8) is 0 Å². The molecule has 6 nitrogen and oxygen atoms in total. The second-order valence-electron chi connectivity index (χ2n) is 2.73. The van der Waals surface area contributed by atoms with Crippen LogP contribution in [0, 0.1) is 4.91 Å². The minimum atomic E-state index is -1.26. The van der Waals surface area contributed by atoms with Crippen molar-refractivity contribution < 1.29 is 20.1 Å². The van der Waals surface area contributed by atoms with Crippen molar-refractivity contribution in [1.82, 2.24) is 0 Å². The van der Waals surface area contributed by atoms with E-state index in [-0.39, 0.29) is 13.2 Å². The zero-order valence-electron chi connectivity index (χ0n) is 6.33. The van der Waals surface area contributed by atoms with Gasteiger partial charge in [0.15, 0.2) is 0 Å². The van der Waals surface area contributed by atoms with E-state index in [0.29, 0.717) is 0 Å². The van der Waals surface area contributed by atoms with E-state index >= 15 is 0 Å². The molecule has 1 saturated heterocycles. The third-order valence-electron chi connectivity index (χ3n) is 1.86. The summed E-state index contributed by atoms with van der Waals surface area (Å²) in [6.45, 7) is -0.302. The van der Waals surface area contributed by atoms with Gasteiger partial charge < -0.3 is 20.1 Å². The molecule has 0 aliphatic carbocycles. The van der Waals surface area contributed by atoms with Crippen LogP contribution in [0.5, 0.6) is 0 Å². The SMILES string of the molecule is O=NCC1OCC(O)C(O)C1O. The van der Waals surface area contributed by atoms with Gasteiger partial charge in [0.1, 0.15) is 31.0 Å². The van der Waals surface area contributed by atoms with Crippen molar-refractivity contribution in [2.75, 3.05) is 13.2 Å². The fourth-order valence-corrected chi connectivity index (χ4v) is 1.10. The van der Waals surface area contributed by atoms with E-state index in [1.54, 1.807) is 0 Å². The first-order valence-electron chi connectivity index (χ1n) is 3.61. The van der Waals surface area contributed by atoms with Crippen molar-refractivity contribution in [3.8, 4) is 0 Å². The van der Waals surface area contributed by atoms with Crippen molar-refractivity contribution in [3.05, 3.63) is 4.91 Å². The fraction of sp³-hybridized carbons (Fsp3) is 1.00. The average molecular weight is 177 g/mol. The maximum atomic E-state index is 9.82. The van der Waals surface area contributed by atoms with E-state index in [2.05, 4.69) is 5.18 Å². The Morgan fingerprint density at radius 3 is 2.58 bits per heavy atom. The molecule has 1 heterocycles. The van der Waals surface area contributed by atoms with Gasteiger partial charge in [0.05, 0.1) is 6.61 Å². The van der Waals surface area contributed by atoms with Gasteiger partial charge in [0.25, 0.3) is 0 Å². The van der Waals surface area contributed by atoms with Crippen LogP contribution in [-0.4, -0.2) is 52.9 Å². The van der Waals surface area contributed by atoms with Crippen molar-refractivity contribution in [1.29, 1.82) is 0 Å². The molecule has 4 atom stereocenters. The lowest BCUT2D eigenvalue weighted by Gasteiger charge is -2.33. The van der Waals surface area contributed by atoms with E-state index in [0.717, 1.165) is 0 Å². The summed E-state index contributed by atoms with van der Waals surface area (Å²) < 4.78 is 4.86. The van der Waals surface area contributed by atoms with Crippen LogP contribution in [0.4, 0.5) is 0 Å². The normalized spacial score (nSPS) is 42.6. The van der Waals surface area contributed by atoms with Crippen LogP contribution in [0.3, 0.4) is 0 Å². The summed E-state index contributed by atoms with van der Waals surface area (Å²) in [7, 11) is 0. The summed E-state index contributed by atoms with van der Waals surface area (Å²) >= 11 is 0. The van der Waals surface area contributed by atoms with Gasteiger partial charge in [-0.25, -0.2) is 0 Å². The van der Waals surface area contributed by atoms with E-state index in [4.69, 9.17) is 14.9 Å². The Balaban J connectivity index is 2.52. The summed E-state index contributed by atoms with van der Waals surface area (Å²) in [6, 6.07) is 0. The number of rotatable bonds is 2. The molecule has 6 heteroatoms. The Labute approximate surface area is 68.7 Å². The number of aliphatic hydroxyl groups is 3. The predicted octanol–water partition coefficient (Wildman–Crippen LogP) is -1.77. The second-order valence-corrected chi connectivity index (χ2v) is 2.73. The van der Waals surface area contributed by atoms with E-state index in [1.807, 2.05) is 0 Å². The van der Waals surface area contributed by atoms with Crippen LogP contribution in [0.1, 0.15) is 0 Å². The highest BCUT2D eigenvalue weighted by molar-refractivity contribution is 4.87. The molecular formula is C6H11NO5. The zero-order chi connectivity index (χ0) is 9.14. The first-order valence-corrected chi connectivity index (χ1v) is 3.61. The van der Waals surface area contributed by atoms with Gasteiger partial charge in [0.2, 0.25) is 0 Å². The third kappa shape index (κ3) is 1.78. The van der Waals surface area contributed by atoms with Gasteiger partial charge in [-0.2, -0.15) is 4.91 Å². The number of aliphatic hydroxyl groups excluding tert-OH is 3. The molecule has 0 amide bonds. The minimum Gasteiger partial charge on any atom is -0.388 e. The highest BCUT2D eigenvalue weighted by Gasteiger charge is 2.37. The average Bonchev–Trinajstić information content (AvgIpc) is 2.07. The minimum absolute atomic E-state index is 0.0849. The molecular weight excluding hydrogens is 166 g/mol. The van der Waals surface area contributed by atoms with Crippen LogP contribution in [0.25, 0.3) is 0 Å². The Morgan fingerprint density at radius 1 is 1.33 bits per heavy atom. The lowest BCUT2D eigenvalue weighted by Crippen LogP contribution is -2.53. The molecule has 0 bridgehead atoms. The number of hydrogen-bond donors (Lipinski definition) is 3. The lowest BCUT2D eigenvalue weighted by atomic mass is 10.0. The summed E-state index contributed by atoms with van der Waals surface area (Å²) in [5.41, 5.74) is 0. The highest BCUT2D eigenvalue weighted by atomic mass is 16.5. The first-order chi connectivity index (χ1) is 5.66. The molecule has 0 radical (unpaired) electrons. The number of ether oxygens (including phenoxy) is 1. The van der Waals surface area contributed by atoms with Crippen LogP contribution in [-0.2, 0) is 4.74 Å². The third-order valence-corrected chi connectivity index (χ3v) is 1.86. The smallest absolute Gasteiger partial charge is 0.111 e. The van der Waals surface area contributed by atoms with Crippen molar-refractivity contribution in [2.45, 2.75) is 24.4 Å². The summed E-state index contributed by atoms with van der Waals surface area (Å²) in [5.74, 6) is 0. The topological polar surface area (TPSA) is 99.4 Å². The molecule has 0 aromatic carbocycles. The largest absolute Gasteiger partial charge is 0.388 e. The number of nitrogens with zero attached hydrogens (tertiary/aromatic N) is 1. The Morgan fingerprint density at radius 2 is 2.00 bits per heavy atom. The van der Waals surface area contributed by atoms with E-state index in [9.17, 15) is 10.0 Å². The standard InChI is InChI=1S/C6H11NO5/c8-3-2-12-4(1-7-11)6(10)5(3)9/h3-6,8-10H,1-2H2. The molecule has 12 heavy (non-hydrogen) atoms. The van der Waals surface area contributed by atoms with Crippen molar-refractivity contribution in [2.24, 2.45) is 5.18 Å². The van der Waals surface area contributed by atoms with Gasteiger partial charge >= 0.3 is 0 Å².